The average molecular weight is 340 g/mol. The Hall–Kier alpha value is -1.25. The van der Waals surface area contributed by atoms with Gasteiger partial charge in [-0.15, -0.1) is 0 Å². The molecule has 0 bridgehead atoms. The van der Waals surface area contributed by atoms with Gasteiger partial charge in [-0.2, -0.15) is 18.3 Å². The van der Waals surface area contributed by atoms with Crippen molar-refractivity contribution in [2.24, 2.45) is 5.41 Å². The predicted octanol–water partition coefficient (Wildman–Crippen LogP) is 4.10. The van der Waals surface area contributed by atoms with Gasteiger partial charge in [0.15, 0.2) is 5.69 Å². The van der Waals surface area contributed by atoms with Gasteiger partial charge >= 0.3 is 6.18 Å². The quantitative estimate of drug-likeness (QED) is 0.782. The molecule has 0 radical (unpaired) electrons. The molecule has 1 aromatic rings. The lowest BCUT2D eigenvalue weighted by atomic mass is 9.52. The van der Waals surface area contributed by atoms with E-state index in [1.807, 2.05) is 0 Å². The van der Waals surface area contributed by atoms with E-state index in [0.29, 0.717) is 0 Å². The highest BCUT2D eigenvalue weighted by atomic mass is 19.4. The van der Waals surface area contributed by atoms with Gasteiger partial charge in [0.05, 0.1) is 17.8 Å². The molecule has 1 aromatic heterocycles. The van der Waals surface area contributed by atoms with Gasteiger partial charge in [-0.1, -0.05) is 0 Å². The lowest BCUT2D eigenvalue weighted by Crippen LogP contribution is -2.54. The highest BCUT2D eigenvalue weighted by Gasteiger charge is 2.63. The second kappa shape index (κ2) is 4.23. The number of aliphatic hydroxyl groups excluding tert-OH is 1. The third-order valence-electron chi connectivity index (χ3n) is 5.26. The zero-order valence-corrected chi connectivity index (χ0v) is 11.9. The van der Waals surface area contributed by atoms with Gasteiger partial charge in [-0.3, -0.25) is 4.68 Å². The smallest absolute Gasteiger partial charge is 0.388 e. The van der Waals surface area contributed by atoms with E-state index in [9.17, 15) is 31.4 Å². The average Bonchev–Trinajstić information content (AvgIpc) is 2.82. The first-order chi connectivity index (χ1) is 10.5. The Morgan fingerprint density at radius 1 is 1.17 bits per heavy atom. The number of hydrogen-bond acceptors (Lipinski definition) is 2. The zero-order chi connectivity index (χ0) is 16.8. The number of aromatic nitrogens is 2. The van der Waals surface area contributed by atoms with Gasteiger partial charge in [0, 0.05) is 24.8 Å². The van der Waals surface area contributed by atoms with Crippen molar-refractivity contribution in [3.63, 3.8) is 0 Å². The molecule has 2 saturated carbocycles. The summed E-state index contributed by atoms with van der Waals surface area (Å²) in [6.45, 7) is 0. The summed E-state index contributed by atoms with van der Waals surface area (Å²) >= 11 is 0. The van der Waals surface area contributed by atoms with E-state index >= 15 is 0 Å². The monoisotopic (exact) mass is 340 g/mol. The summed E-state index contributed by atoms with van der Waals surface area (Å²) in [5, 5.41) is 13.2. The minimum absolute atomic E-state index is 0.240. The summed E-state index contributed by atoms with van der Waals surface area (Å²) < 4.78 is 80.3. The van der Waals surface area contributed by atoms with Crippen LogP contribution in [0.15, 0.2) is 0 Å². The van der Waals surface area contributed by atoms with Crippen molar-refractivity contribution in [1.29, 1.82) is 0 Å². The third kappa shape index (κ3) is 2.11. The lowest BCUT2D eigenvalue weighted by molar-refractivity contribution is -0.205. The number of nitrogens with zero attached hydrogens (tertiary/aromatic N) is 2. The van der Waals surface area contributed by atoms with Gasteiger partial charge in [-0.25, -0.2) is 13.2 Å². The van der Waals surface area contributed by atoms with Crippen LogP contribution in [0.1, 0.15) is 67.4 Å². The minimum atomic E-state index is -4.79. The van der Waals surface area contributed by atoms with Crippen LogP contribution in [0, 0.1) is 5.41 Å². The maximum absolute atomic E-state index is 14.1. The first kappa shape index (κ1) is 15.3. The Balaban J connectivity index is 1.65. The number of halogens is 6. The Labute approximate surface area is 127 Å². The van der Waals surface area contributed by atoms with Crippen LogP contribution >= 0.6 is 0 Å². The molecule has 3 aliphatic rings. The second-order valence-corrected chi connectivity index (χ2v) is 7.08. The first-order valence-corrected chi connectivity index (χ1v) is 7.41. The van der Waals surface area contributed by atoms with Crippen LogP contribution in [-0.2, 0) is 6.18 Å². The van der Waals surface area contributed by atoms with E-state index < -0.39 is 53.5 Å². The third-order valence-corrected chi connectivity index (χ3v) is 5.26. The number of fused-ring (bicyclic) bond motifs is 1. The SMILES string of the molecule is OC1CC(F)c2c1c(C(F)(F)F)nn2C1CC2(C1)CC(F)(F)C2. The Bertz CT molecular complexity index is 651. The number of hydrogen-bond donors (Lipinski definition) is 1. The molecule has 4 rings (SSSR count). The van der Waals surface area contributed by atoms with E-state index in [0.717, 1.165) is 4.68 Å². The fourth-order valence-electron chi connectivity index (χ4n) is 4.46. The summed E-state index contributed by atoms with van der Waals surface area (Å²) in [6, 6.07) is -0.514. The summed E-state index contributed by atoms with van der Waals surface area (Å²) in [5.41, 5.74) is -2.55. The molecule has 0 amide bonds. The van der Waals surface area contributed by atoms with E-state index in [1.54, 1.807) is 0 Å². The van der Waals surface area contributed by atoms with Crippen molar-refractivity contribution in [2.45, 2.75) is 62.5 Å². The second-order valence-electron chi connectivity index (χ2n) is 7.08. The van der Waals surface area contributed by atoms with Crippen molar-refractivity contribution in [1.82, 2.24) is 9.78 Å². The Morgan fingerprint density at radius 2 is 1.78 bits per heavy atom. The molecule has 0 aromatic carbocycles. The van der Waals surface area contributed by atoms with E-state index in [2.05, 4.69) is 5.10 Å². The molecule has 23 heavy (non-hydrogen) atoms. The summed E-state index contributed by atoms with van der Waals surface area (Å²) in [4.78, 5) is 0. The standard InChI is InChI=1S/C14H14F6N2O/c15-7-1-8(23)9-10(7)22(21-11(9)14(18,19)20)6-2-12(3-6)4-13(16,17)5-12/h6-8,23H,1-5H2. The van der Waals surface area contributed by atoms with Crippen molar-refractivity contribution >= 4 is 0 Å². The van der Waals surface area contributed by atoms with Crippen LogP contribution in [-0.4, -0.2) is 20.8 Å². The van der Waals surface area contributed by atoms with E-state index in [1.165, 1.54) is 0 Å². The van der Waals surface area contributed by atoms with Crippen molar-refractivity contribution < 1.29 is 31.4 Å². The van der Waals surface area contributed by atoms with Crippen molar-refractivity contribution in [3.8, 4) is 0 Å². The molecule has 1 N–H and O–H groups in total. The fourth-order valence-corrected chi connectivity index (χ4v) is 4.46. The molecule has 3 nitrogen and oxygen atoms in total. The number of alkyl halides is 6. The Kier molecular flexibility index (Phi) is 2.81. The number of aliphatic hydroxyl groups is 1. The van der Waals surface area contributed by atoms with Crippen LogP contribution in [0.25, 0.3) is 0 Å². The minimum Gasteiger partial charge on any atom is -0.388 e. The van der Waals surface area contributed by atoms with Crippen LogP contribution in [0.2, 0.25) is 0 Å². The molecule has 0 saturated heterocycles. The largest absolute Gasteiger partial charge is 0.435 e. The summed E-state index contributed by atoms with van der Waals surface area (Å²) in [6.07, 6.45) is -8.46. The Morgan fingerprint density at radius 3 is 2.30 bits per heavy atom. The van der Waals surface area contributed by atoms with Gasteiger partial charge in [0.2, 0.25) is 5.92 Å². The molecule has 9 heteroatoms. The summed E-state index contributed by atoms with van der Waals surface area (Å²) in [5.74, 6) is -2.70. The number of rotatable bonds is 1. The van der Waals surface area contributed by atoms with Gasteiger partial charge in [0.1, 0.15) is 6.17 Å². The maximum atomic E-state index is 14.1. The highest BCUT2D eigenvalue weighted by Crippen LogP contribution is 2.66. The van der Waals surface area contributed by atoms with Gasteiger partial charge < -0.3 is 5.11 Å². The van der Waals surface area contributed by atoms with Crippen molar-refractivity contribution in [2.75, 3.05) is 0 Å². The van der Waals surface area contributed by atoms with E-state index in [-0.39, 0.29) is 31.4 Å². The molecule has 2 atom stereocenters. The highest BCUT2D eigenvalue weighted by molar-refractivity contribution is 5.37. The first-order valence-electron chi connectivity index (χ1n) is 7.41. The molecule has 2 fully saturated rings. The molecule has 2 unspecified atom stereocenters. The van der Waals surface area contributed by atoms with Crippen LogP contribution < -0.4 is 0 Å². The molecule has 1 heterocycles. The van der Waals surface area contributed by atoms with Crippen LogP contribution in [0.5, 0.6) is 0 Å². The molecule has 128 valence electrons. The topological polar surface area (TPSA) is 38.1 Å². The fraction of sp³-hybridized carbons (Fsp3) is 0.786. The summed E-state index contributed by atoms with van der Waals surface area (Å²) in [7, 11) is 0. The van der Waals surface area contributed by atoms with Gasteiger partial charge in [0.25, 0.3) is 0 Å². The maximum Gasteiger partial charge on any atom is 0.435 e. The van der Waals surface area contributed by atoms with E-state index in [4.69, 9.17) is 0 Å². The van der Waals surface area contributed by atoms with Gasteiger partial charge in [-0.05, 0) is 18.3 Å². The zero-order valence-electron chi connectivity index (χ0n) is 11.9. The molecular formula is C14H14F6N2O. The molecule has 1 spiro atoms. The van der Waals surface area contributed by atoms with Crippen molar-refractivity contribution in [3.05, 3.63) is 17.0 Å². The van der Waals surface area contributed by atoms with Crippen LogP contribution in [0.3, 0.4) is 0 Å². The normalized spacial score (nSPS) is 31.8. The molecule has 3 aliphatic carbocycles. The lowest BCUT2D eigenvalue weighted by Gasteiger charge is -2.57. The molecule has 0 aliphatic heterocycles. The van der Waals surface area contributed by atoms with Crippen LogP contribution in [0.4, 0.5) is 26.3 Å². The molecular weight excluding hydrogens is 326 g/mol. The predicted molar refractivity (Wildman–Crippen MR) is 65.5 cm³/mol.